The van der Waals surface area contributed by atoms with Gasteiger partial charge in [0.15, 0.2) is 0 Å². The van der Waals surface area contributed by atoms with Crippen LogP contribution in [-0.4, -0.2) is 46.9 Å². The van der Waals surface area contributed by atoms with Crippen molar-refractivity contribution in [2.24, 2.45) is 0 Å². The molecule has 0 bridgehead atoms. The van der Waals surface area contributed by atoms with Crippen molar-refractivity contribution < 1.29 is 9.72 Å². The van der Waals surface area contributed by atoms with Crippen LogP contribution in [0.1, 0.15) is 15.9 Å². The topological polar surface area (TPSA) is 100 Å². The van der Waals surface area contributed by atoms with Crippen molar-refractivity contribution in [3.05, 3.63) is 88.0 Å². The first-order valence-corrected chi connectivity index (χ1v) is 11.9. The Kier molecular flexibility index (Phi) is 6.31. The van der Waals surface area contributed by atoms with E-state index < -0.39 is 10.8 Å². The van der Waals surface area contributed by atoms with Gasteiger partial charge in [-0.2, -0.15) is 0 Å². The van der Waals surface area contributed by atoms with Gasteiger partial charge in [-0.05, 0) is 29.8 Å². The zero-order valence-electron chi connectivity index (χ0n) is 18.4. The van der Waals surface area contributed by atoms with E-state index in [2.05, 4.69) is 33.7 Å². The van der Waals surface area contributed by atoms with Gasteiger partial charge in [0.1, 0.15) is 5.01 Å². The third kappa shape index (κ3) is 4.67. The predicted octanol–water partition coefficient (Wildman–Crippen LogP) is 4.53. The van der Waals surface area contributed by atoms with Crippen LogP contribution in [0.4, 0.5) is 11.4 Å². The number of fused-ring (bicyclic) bond motifs is 1. The molecule has 1 fully saturated rings. The molecule has 1 saturated heterocycles. The van der Waals surface area contributed by atoms with E-state index in [9.17, 15) is 14.9 Å². The molecule has 1 aliphatic heterocycles. The number of para-hydroxylation sites is 2. The van der Waals surface area contributed by atoms with E-state index in [1.807, 2.05) is 24.3 Å². The van der Waals surface area contributed by atoms with Crippen molar-refractivity contribution in [3.8, 4) is 10.6 Å². The van der Waals surface area contributed by atoms with Crippen LogP contribution in [0.25, 0.3) is 20.8 Å². The van der Waals surface area contributed by atoms with E-state index in [-0.39, 0.29) is 11.3 Å². The zero-order valence-corrected chi connectivity index (χ0v) is 19.2. The molecule has 4 aromatic rings. The monoisotopic (exact) mass is 473 g/mol. The Morgan fingerprint density at radius 3 is 2.71 bits per heavy atom. The first-order chi connectivity index (χ1) is 16.6. The summed E-state index contributed by atoms with van der Waals surface area (Å²) in [6.07, 6.45) is 0. The second kappa shape index (κ2) is 9.68. The Hall–Kier alpha value is -3.66. The molecule has 0 unspecified atom stereocenters. The van der Waals surface area contributed by atoms with Crippen molar-refractivity contribution in [1.29, 1.82) is 0 Å². The Morgan fingerprint density at radius 2 is 1.88 bits per heavy atom. The van der Waals surface area contributed by atoms with Crippen LogP contribution >= 0.6 is 11.3 Å². The van der Waals surface area contributed by atoms with E-state index in [1.165, 1.54) is 23.8 Å². The average Bonchev–Trinajstić information content (AvgIpc) is 3.30. The summed E-state index contributed by atoms with van der Waals surface area (Å²) in [5.74, 6) is -0.406. The van der Waals surface area contributed by atoms with Gasteiger partial charge >= 0.3 is 0 Å². The molecule has 1 aromatic heterocycles. The molecule has 9 heteroatoms. The van der Waals surface area contributed by atoms with Crippen molar-refractivity contribution in [2.45, 2.75) is 6.54 Å². The molecule has 2 heterocycles. The minimum atomic E-state index is -0.510. The second-order valence-electron chi connectivity index (χ2n) is 8.12. The van der Waals surface area contributed by atoms with Gasteiger partial charge in [0.2, 0.25) is 0 Å². The van der Waals surface area contributed by atoms with Gasteiger partial charge in [0.25, 0.3) is 11.6 Å². The lowest BCUT2D eigenvalue weighted by Gasteiger charge is -2.27. The Labute approximate surface area is 200 Å². The highest BCUT2D eigenvalue weighted by molar-refractivity contribution is 7.21. The Balaban J connectivity index is 1.44. The van der Waals surface area contributed by atoms with E-state index in [4.69, 9.17) is 4.98 Å². The number of rotatable bonds is 6. The summed E-state index contributed by atoms with van der Waals surface area (Å²) in [5.41, 5.74) is 3.72. The number of anilines is 1. The molecular formula is C25H23N5O3S. The van der Waals surface area contributed by atoms with Crippen LogP contribution < -0.4 is 10.6 Å². The fourth-order valence-corrected chi connectivity index (χ4v) is 5.15. The lowest BCUT2D eigenvalue weighted by Crippen LogP contribution is -2.42. The maximum atomic E-state index is 12.9. The van der Waals surface area contributed by atoms with Gasteiger partial charge in [0, 0.05) is 56.0 Å². The molecule has 1 aliphatic rings. The summed E-state index contributed by atoms with van der Waals surface area (Å²) >= 11 is 1.59. The second-order valence-corrected chi connectivity index (χ2v) is 9.15. The highest BCUT2D eigenvalue weighted by Gasteiger charge is 2.18. The molecule has 0 spiro atoms. The number of nitrogens with zero attached hydrogens (tertiary/aromatic N) is 3. The number of piperazine rings is 1. The number of nitro benzene ring substituents is 1. The number of carbonyl (C=O) groups excluding carboxylic acids is 1. The summed E-state index contributed by atoms with van der Waals surface area (Å²) < 4.78 is 1.10. The molecule has 1 amide bonds. The van der Waals surface area contributed by atoms with E-state index in [0.717, 1.165) is 53.5 Å². The van der Waals surface area contributed by atoms with Gasteiger partial charge in [-0.1, -0.05) is 30.3 Å². The number of nitrogens with one attached hydrogen (secondary N) is 2. The largest absolute Gasteiger partial charge is 0.321 e. The lowest BCUT2D eigenvalue weighted by molar-refractivity contribution is -0.384. The fraction of sp³-hybridized carbons (Fsp3) is 0.200. The number of aromatic nitrogens is 1. The van der Waals surface area contributed by atoms with Crippen LogP contribution in [0.3, 0.4) is 0 Å². The van der Waals surface area contributed by atoms with Crippen LogP contribution in [-0.2, 0) is 6.54 Å². The Bertz CT molecular complexity index is 1360. The van der Waals surface area contributed by atoms with E-state index in [0.29, 0.717) is 5.69 Å². The van der Waals surface area contributed by atoms with Gasteiger partial charge < -0.3 is 10.6 Å². The van der Waals surface area contributed by atoms with Crippen molar-refractivity contribution in [3.63, 3.8) is 0 Å². The molecule has 172 valence electrons. The number of thiazole rings is 1. The lowest BCUT2D eigenvalue weighted by atomic mass is 10.1. The third-order valence-electron chi connectivity index (χ3n) is 5.83. The molecule has 3 aromatic carbocycles. The highest BCUT2D eigenvalue weighted by atomic mass is 32.1. The first kappa shape index (κ1) is 22.1. The summed E-state index contributed by atoms with van der Waals surface area (Å²) in [5, 5.41) is 18.2. The van der Waals surface area contributed by atoms with Gasteiger partial charge in [-0.3, -0.25) is 19.8 Å². The molecule has 0 saturated carbocycles. The summed E-state index contributed by atoms with van der Waals surface area (Å²) in [6.45, 7) is 4.87. The Morgan fingerprint density at radius 1 is 1.09 bits per heavy atom. The van der Waals surface area contributed by atoms with Gasteiger partial charge in [0.05, 0.1) is 20.8 Å². The normalized spacial score (nSPS) is 14.2. The summed E-state index contributed by atoms with van der Waals surface area (Å²) in [6, 6.07) is 19.5. The van der Waals surface area contributed by atoms with Crippen LogP contribution in [0, 0.1) is 10.1 Å². The number of amides is 1. The first-order valence-electron chi connectivity index (χ1n) is 11.1. The number of benzene rings is 3. The van der Waals surface area contributed by atoms with Crippen molar-refractivity contribution >= 4 is 38.8 Å². The van der Waals surface area contributed by atoms with Crippen molar-refractivity contribution in [1.82, 2.24) is 15.2 Å². The zero-order chi connectivity index (χ0) is 23.5. The van der Waals surface area contributed by atoms with E-state index in [1.54, 1.807) is 17.4 Å². The minimum Gasteiger partial charge on any atom is -0.321 e. The summed E-state index contributed by atoms with van der Waals surface area (Å²) in [7, 11) is 0. The van der Waals surface area contributed by atoms with Gasteiger partial charge in [-0.25, -0.2) is 4.98 Å². The van der Waals surface area contributed by atoms with Gasteiger partial charge in [-0.15, -0.1) is 11.3 Å². The molecule has 0 radical (unpaired) electrons. The average molecular weight is 474 g/mol. The quantitative estimate of drug-likeness (QED) is 0.315. The summed E-state index contributed by atoms with van der Waals surface area (Å²) in [4.78, 5) is 30.8. The smallest absolute Gasteiger partial charge is 0.270 e. The number of carbonyl (C=O) groups is 1. The molecule has 8 nitrogen and oxygen atoms in total. The van der Waals surface area contributed by atoms with Crippen LogP contribution in [0.5, 0.6) is 0 Å². The maximum absolute atomic E-state index is 12.9. The van der Waals surface area contributed by atoms with E-state index >= 15 is 0 Å². The molecule has 0 aliphatic carbocycles. The number of hydrogen-bond donors (Lipinski definition) is 2. The SMILES string of the molecule is O=C(Nc1ccccc1-c1nc2c(CN3CCNCC3)cccc2s1)c1cccc([N+](=O)[O-])c1. The number of hydrogen-bond acceptors (Lipinski definition) is 7. The fourth-order valence-electron chi connectivity index (χ4n) is 4.09. The van der Waals surface area contributed by atoms with Crippen LogP contribution in [0.2, 0.25) is 0 Å². The molecule has 5 rings (SSSR count). The maximum Gasteiger partial charge on any atom is 0.270 e. The standard InChI is InChI=1S/C25H23N5O3S/c31-24(17-5-3-7-19(15-17)30(32)33)27-21-9-2-1-8-20(21)25-28-23-18(6-4-10-22(23)34-25)16-29-13-11-26-12-14-29/h1-10,15,26H,11-14,16H2,(H,27,31). The molecule has 0 atom stereocenters. The van der Waals surface area contributed by atoms with Crippen molar-refractivity contribution in [2.75, 3.05) is 31.5 Å². The molecule has 2 N–H and O–H groups in total. The van der Waals surface area contributed by atoms with Crippen LogP contribution in [0.15, 0.2) is 66.7 Å². The molecule has 34 heavy (non-hydrogen) atoms. The number of nitro groups is 1. The minimum absolute atomic E-state index is 0.121. The molecular weight excluding hydrogens is 450 g/mol. The highest BCUT2D eigenvalue weighted by Crippen LogP contribution is 2.36. The predicted molar refractivity (Wildman–Crippen MR) is 134 cm³/mol. The third-order valence-corrected chi connectivity index (χ3v) is 6.88. The number of non-ortho nitro benzene ring substituents is 1.